The molecule has 0 radical (unpaired) electrons. The SMILES string of the molecule is O=C(c1cccc(Br)c1F)N1CC2CCCC2C1. The Morgan fingerprint density at radius 2 is 1.94 bits per heavy atom. The molecule has 1 aromatic carbocycles. The van der Waals surface area contributed by atoms with Crippen LogP contribution >= 0.6 is 15.9 Å². The highest BCUT2D eigenvalue weighted by atomic mass is 79.9. The number of fused-ring (bicyclic) bond motifs is 1. The summed E-state index contributed by atoms with van der Waals surface area (Å²) < 4.78 is 14.3. The highest BCUT2D eigenvalue weighted by molar-refractivity contribution is 9.10. The molecule has 1 amide bonds. The number of hydrogen-bond donors (Lipinski definition) is 0. The minimum absolute atomic E-state index is 0.164. The minimum Gasteiger partial charge on any atom is -0.338 e. The van der Waals surface area contributed by atoms with Crippen molar-refractivity contribution in [3.8, 4) is 0 Å². The molecule has 2 atom stereocenters. The molecule has 2 fully saturated rings. The number of carbonyl (C=O) groups excluding carboxylic acids is 1. The van der Waals surface area contributed by atoms with Crippen LogP contribution in [0.3, 0.4) is 0 Å². The van der Waals surface area contributed by atoms with Gasteiger partial charge in [-0.3, -0.25) is 4.79 Å². The van der Waals surface area contributed by atoms with Crippen molar-refractivity contribution in [1.82, 2.24) is 4.90 Å². The second-order valence-electron chi connectivity index (χ2n) is 5.26. The highest BCUT2D eigenvalue weighted by Crippen LogP contribution is 2.38. The molecule has 1 saturated carbocycles. The summed E-state index contributed by atoms with van der Waals surface area (Å²) >= 11 is 3.13. The maximum atomic E-state index is 13.9. The molecule has 0 spiro atoms. The molecule has 4 heteroatoms. The minimum atomic E-state index is -0.445. The van der Waals surface area contributed by atoms with Crippen LogP contribution in [0.4, 0.5) is 4.39 Å². The molecule has 0 N–H and O–H groups in total. The van der Waals surface area contributed by atoms with Gasteiger partial charge in [0.05, 0.1) is 10.0 Å². The zero-order chi connectivity index (χ0) is 12.7. The van der Waals surface area contributed by atoms with E-state index < -0.39 is 5.82 Å². The lowest BCUT2D eigenvalue weighted by Gasteiger charge is -2.17. The standard InChI is InChI=1S/C14H15BrFNO/c15-12-6-2-5-11(13(12)16)14(18)17-7-9-3-1-4-10(9)8-17/h2,5-6,9-10H,1,3-4,7-8H2. The van der Waals surface area contributed by atoms with Crippen LogP contribution in [0.25, 0.3) is 0 Å². The quantitative estimate of drug-likeness (QED) is 0.778. The smallest absolute Gasteiger partial charge is 0.256 e. The van der Waals surface area contributed by atoms with Gasteiger partial charge in [-0.2, -0.15) is 0 Å². The average Bonchev–Trinajstić information content (AvgIpc) is 2.92. The van der Waals surface area contributed by atoms with Gasteiger partial charge in [-0.1, -0.05) is 12.5 Å². The highest BCUT2D eigenvalue weighted by Gasteiger charge is 2.38. The molecular formula is C14H15BrFNO. The fraction of sp³-hybridized carbons (Fsp3) is 0.500. The second kappa shape index (κ2) is 4.65. The molecule has 0 bridgehead atoms. The van der Waals surface area contributed by atoms with E-state index in [4.69, 9.17) is 0 Å². The van der Waals surface area contributed by atoms with Crippen LogP contribution in [0.1, 0.15) is 29.6 Å². The molecule has 1 heterocycles. The van der Waals surface area contributed by atoms with Crippen LogP contribution in [0.5, 0.6) is 0 Å². The molecular weight excluding hydrogens is 297 g/mol. The third-order valence-corrected chi connectivity index (χ3v) is 4.81. The Labute approximate surface area is 114 Å². The summed E-state index contributed by atoms with van der Waals surface area (Å²) in [7, 11) is 0. The predicted octanol–water partition coefficient (Wildman–Crippen LogP) is 3.46. The maximum absolute atomic E-state index is 13.9. The van der Waals surface area contributed by atoms with Crippen LogP contribution < -0.4 is 0 Å². The summed E-state index contributed by atoms with van der Waals surface area (Å²) in [4.78, 5) is 14.1. The summed E-state index contributed by atoms with van der Waals surface area (Å²) in [5.74, 6) is 0.677. The number of benzene rings is 1. The number of hydrogen-bond acceptors (Lipinski definition) is 1. The molecule has 3 rings (SSSR count). The van der Waals surface area contributed by atoms with Crippen molar-refractivity contribution in [2.45, 2.75) is 19.3 Å². The van der Waals surface area contributed by atoms with Gasteiger partial charge in [0, 0.05) is 13.1 Å². The van der Waals surface area contributed by atoms with Crippen molar-refractivity contribution in [2.24, 2.45) is 11.8 Å². The number of rotatable bonds is 1. The van der Waals surface area contributed by atoms with E-state index >= 15 is 0 Å². The van der Waals surface area contributed by atoms with E-state index in [2.05, 4.69) is 15.9 Å². The molecule has 96 valence electrons. The van der Waals surface area contributed by atoms with Crippen LogP contribution in [0, 0.1) is 17.7 Å². The average molecular weight is 312 g/mol. The first kappa shape index (κ1) is 12.2. The monoisotopic (exact) mass is 311 g/mol. The summed E-state index contributed by atoms with van der Waals surface area (Å²) in [5, 5.41) is 0. The lowest BCUT2D eigenvalue weighted by Crippen LogP contribution is -2.30. The number of carbonyl (C=O) groups is 1. The Kier molecular flexibility index (Phi) is 3.14. The molecule has 1 saturated heterocycles. The number of likely N-dealkylation sites (tertiary alicyclic amines) is 1. The molecule has 1 aromatic rings. The van der Waals surface area contributed by atoms with Gasteiger partial charge in [0.25, 0.3) is 5.91 Å². The van der Waals surface area contributed by atoms with Gasteiger partial charge in [0.15, 0.2) is 0 Å². The summed E-state index contributed by atoms with van der Waals surface area (Å²) in [6.07, 6.45) is 3.72. The Morgan fingerprint density at radius 1 is 1.28 bits per heavy atom. The second-order valence-corrected chi connectivity index (χ2v) is 6.12. The van der Waals surface area contributed by atoms with Gasteiger partial charge in [-0.05, 0) is 52.7 Å². The largest absolute Gasteiger partial charge is 0.338 e. The first-order valence-electron chi connectivity index (χ1n) is 6.40. The number of amides is 1. The van der Waals surface area contributed by atoms with Crippen LogP contribution in [0.15, 0.2) is 22.7 Å². The first-order valence-corrected chi connectivity index (χ1v) is 7.19. The van der Waals surface area contributed by atoms with Gasteiger partial charge in [0.2, 0.25) is 0 Å². The van der Waals surface area contributed by atoms with Crippen molar-refractivity contribution in [2.75, 3.05) is 13.1 Å². The van der Waals surface area contributed by atoms with Crippen LogP contribution in [-0.2, 0) is 0 Å². The van der Waals surface area contributed by atoms with E-state index in [0.717, 1.165) is 13.1 Å². The fourth-order valence-electron chi connectivity index (χ4n) is 3.24. The fourth-order valence-corrected chi connectivity index (χ4v) is 3.61. The van der Waals surface area contributed by atoms with E-state index in [0.29, 0.717) is 16.3 Å². The van der Waals surface area contributed by atoms with E-state index in [-0.39, 0.29) is 11.5 Å². The van der Waals surface area contributed by atoms with E-state index in [9.17, 15) is 9.18 Å². The van der Waals surface area contributed by atoms with Crippen molar-refractivity contribution in [1.29, 1.82) is 0 Å². The summed E-state index contributed by atoms with van der Waals surface area (Å²) in [5.41, 5.74) is 0.185. The Hall–Kier alpha value is -0.900. The van der Waals surface area contributed by atoms with E-state index in [1.807, 2.05) is 4.90 Å². The number of halogens is 2. The van der Waals surface area contributed by atoms with Crippen molar-refractivity contribution in [3.05, 3.63) is 34.1 Å². The lowest BCUT2D eigenvalue weighted by atomic mass is 10.0. The topological polar surface area (TPSA) is 20.3 Å². The van der Waals surface area contributed by atoms with Crippen molar-refractivity contribution >= 4 is 21.8 Å². The van der Waals surface area contributed by atoms with E-state index in [1.165, 1.54) is 19.3 Å². The van der Waals surface area contributed by atoms with Gasteiger partial charge < -0.3 is 4.90 Å². The Morgan fingerprint density at radius 3 is 2.61 bits per heavy atom. The predicted molar refractivity (Wildman–Crippen MR) is 70.8 cm³/mol. The number of nitrogens with zero attached hydrogens (tertiary/aromatic N) is 1. The molecule has 1 aliphatic carbocycles. The van der Waals surface area contributed by atoms with Crippen molar-refractivity contribution < 1.29 is 9.18 Å². The summed E-state index contributed by atoms with van der Waals surface area (Å²) in [6.45, 7) is 1.60. The van der Waals surface area contributed by atoms with Gasteiger partial charge in [-0.25, -0.2) is 4.39 Å². The third kappa shape index (κ3) is 1.96. The van der Waals surface area contributed by atoms with Gasteiger partial charge in [0.1, 0.15) is 5.82 Å². The lowest BCUT2D eigenvalue weighted by molar-refractivity contribution is 0.0776. The zero-order valence-corrected chi connectivity index (χ0v) is 11.6. The summed E-state index contributed by atoms with van der Waals surface area (Å²) in [6, 6.07) is 4.89. The normalized spacial score (nSPS) is 26.4. The maximum Gasteiger partial charge on any atom is 0.256 e. The Bertz CT molecular complexity index is 479. The van der Waals surface area contributed by atoms with Crippen LogP contribution in [-0.4, -0.2) is 23.9 Å². The molecule has 0 aromatic heterocycles. The molecule has 18 heavy (non-hydrogen) atoms. The molecule has 2 unspecified atom stereocenters. The van der Waals surface area contributed by atoms with Crippen LogP contribution in [0.2, 0.25) is 0 Å². The van der Waals surface area contributed by atoms with E-state index in [1.54, 1.807) is 18.2 Å². The molecule has 2 aliphatic rings. The molecule has 1 aliphatic heterocycles. The van der Waals surface area contributed by atoms with Gasteiger partial charge >= 0.3 is 0 Å². The Balaban J connectivity index is 1.81. The first-order chi connectivity index (χ1) is 8.66. The zero-order valence-electron chi connectivity index (χ0n) is 10.0. The third-order valence-electron chi connectivity index (χ3n) is 4.20. The van der Waals surface area contributed by atoms with Gasteiger partial charge in [-0.15, -0.1) is 0 Å². The molecule has 2 nitrogen and oxygen atoms in total. The van der Waals surface area contributed by atoms with Crippen molar-refractivity contribution in [3.63, 3.8) is 0 Å².